The van der Waals surface area contributed by atoms with E-state index in [4.69, 9.17) is 4.74 Å². The number of aryl methyl sites for hydroxylation is 1. The Bertz CT molecular complexity index is 1020. The van der Waals surface area contributed by atoms with Crippen molar-refractivity contribution in [3.63, 3.8) is 0 Å². The number of carbonyl (C=O) groups is 3. The van der Waals surface area contributed by atoms with Crippen LogP contribution in [0.25, 0.3) is 0 Å². The maximum Gasteiger partial charge on any atom is 0.230 e. The molecule has 1 atom stereocenters. The Kier molecular flexibility index (Phi) is 8.34. The van der Waals surface area contributed by atoms with E-state index in [2.05, 4.69) is 10.3 Å². The SMILES string of the molecule is Cc1cccnc1NC(=O)C1CCCN(C(=O)C2CCN(C(=O)CCOc3ccccc3)CC2)C1. The van der Waals surface area contributed by atoms with Crippen molar-refractivity contribution < 1.29 is 19.1 Å². The zero-order valence-corrected chi connectivity index (χ0v) is 20.3. The zero-order chi connectivity index (χ0) is 24.6. The van der Waals surface area contributed by atoms with E-state index in [-0.39, 0.29) is 29.6 Å². The van der Waals surface area contributed by atoms with Crippen molar-refractivity contribution in [1.29, 1.82) is 0 Å². The summed E-state index contributed by atoms with van der Waals surface area (Å²) in [4.78, 5) is 46.5. The minimum absolute atomic E-state index is 0.0614. The van der Waals surface area contributed by atoms with Gasteiger partial charge in [0.2, 0.25) is 17.7 Å². The number of anilines is 1. The van der Waals surface area contributed by atoms with Crippen molar-refractivity contribution in [2.45, 2.75) is 39.0 Å². The fraction of sp³-hybridized carbons (Fsp3) is 0.481. The molecule has 2 aliphatic heterocycles. The highest BCUT2D eigenvalue weighted by molar-refractivity contribution is 5.93. The standard InChI is InChI=1S/C27H34N4O4/c1-20-7-5-14-28-25(20)29-26(33)22-8-6-15-31(19-22)27(34)21-11-16-30(17-12-21)24(32)13-18-35-23-9-3-2-4-10-23/h2-5,7,9-10,14,21-22H,6,8,11-13,15-19H2,1H3,(H,28,29,33). The molecule has 2 aliphatic rings. The number of ether oxygens (including phenoxy) is 1. The van der Waals surface area contributed by atoms with E-state index >= 15 is 0 Å². The second-order valence-corrected chi connectivity index (χ2v) is 9.35. The molecule has 1 aromatic carbocycles. The van der Waals surface area contributed by atoms with Gasteiger partial charge in [0.15, 0.2) is 0 Å². The van der Waals surface area contributed by atoms with Crippen molar-refractivity contribution in [3.8, 4) is 5.75 Å². The summed E-state index contributed by atoms with van der Waals surface area (Å²) in [7, 11) is 0. The van der Waals surface area contributed by atoms with Gasteiger partial charge in [-0.05, 0) is 56.4 Å². The predicted octanol–water partition coefficient (Wildman–Crippen LogP) is 3.27. The third-order valence-electron chi connectivity index (χ3n) is 6.88. The maximum absolute atomic E-state index is 13.2. The van der Waals surface area contributed by atoms with Crippen LogP contribution in [0.5, 0.6) is 5.75 Å². The van der Waals surface area contributed by atoms with Crippen LogP contribution in [0.1, 0.15) is 37.7 Å². The predicted molar refractivity (Wildman–Crippen MR) is 133 cm³/mol. The molecular weight excluding hydrogens is 444 g/mol. The lowest BCUT2D eigenvalue weighted by molar-refractivity contribution is -0.143. The summed E-state index contributed by atoms with van der Waals surface area (Å²) in [6.45, 7) is 4.53. The molecule has 0 spiro atoms. The number of carbonyl (C=O) groups excluding carboxylic acids is 3. The second kappa shape index (κ2) is 11.8. The van der Waals surface area contributed by atoms with Gasteiger partial charge in [-0.15, -0.1) is 0 Å². The van der Waals surface area contributed by atoms with Gasteiger partial charge in [0, 0.05) is 38.3 Å². The lowest BCUT2D eigenvalue weighted by Crippen LogP contribution is -2.49. The molecule has 0 saturated carbocycles. The number of nitrogens with zero attached hydrogens (tertiary/aromatic N) is 3. The second-order valence-electron chi connectivity index (χ2n) is 9.35. The number of amides is 3. The molecule has 2 fully saturated rings. The number of para-hydroxylation sites is 1. The number of likely N-dealkylation sites (tertiary alicyclic amines) is 2. The summed E-state index contributed by atoms with van der Waals surface area (Å²) in [6.07, 6.45) is 4.87. The van der Waals surface area contributed by atoms with Gasteiger partial charge < -0.3 is 19.9 Å². The van der Waals surface area contributed by atoms with Crippen LogP contribution in [0, 0.1) is 18.8 Å². The molecule has 3 heterocycles. The summed E-state index contributed by atoms with van der Waals surface area (Å²) in [5.41, 5.74) is 0.914. The zero-order valence-electron chi connectivity index (χ0n) is 20.3. The van der Waals surface area contributed by atoms with E-state index < -0.39 is 0 Å². The molecule has 8 heteroatoms. The van der Waals surface area contributed by atoms with Gasteiger partial charge in [-0.3, -0.25) is 14.4 Å². The van der Waals surface area contributed by atoms with E-state index in [0.29, 0.717) is 57.9 Å². The molecular formula is C27H34N4O4. The van der Waals surface area contributed by atoms with Gasteiger partial charge in [-0.25, -0.2) is 4.98 Å². The number of nitrogens with one attached hydrogen (secondary N) is 1. The van der Waals surface area contributed by atoms with Crippen molar-refractivity contribution in [2.24, 2.45) is 11.8 Å². The van der Waals surface area contributed by atoms with Crippen LogP contribution in [0.15, 0.2) is 48.7 Å². The van der Waals surface area contributed by atoms with Crippen LogP contribution in [0.4, 0.5) is 5.82 Å². The lowest BCUT2D eigenvalue weighted by atomic mass is 9.91. The minimum Gasteiger partial charge on any atom is -0.493 e. The van der Waals surface area contributed by atoms with Gasteiger partial charge in [-0.2, -0.15) is 0 Å². The van der Waals surface area contributed by atoms with Crippen LogP contribution in [-0.2, 0) is 14.4 Å². The molecule has 1 aromatic heterocycles. The first kappa shape index (κ1) is 24.7. The number of hydrogen-bond donors (Lipinski definition) is 1. The highest BCUT2D eigenvalue weighted by atomic mass is 16.5. The Balaban J connectivity index is 1.21. The number of rotatable bonds is 7. The molecule has 3 amide bonds. The summed E-state index contributed by atoms with van der Waals surface area (Å²) in [6, 6.07) is 13.2. The first-order valence-electron chi connectivity index (χ1n) is 12.5. The molecule has 4 rings (SSSR count). The monoisotopic (exact) mass is 478 g/mol. The Morgan fingerprint density at radius 3 is 2.49 bits per heavy atom. The van der Waals surface area contributed by atoms with Crippen LogP contribution in [-0.4, -0.2) is 65.3 Å². The quantitative estimate of drug-likeness (QED) is 0.660. The average molecular weight is 479 g/mol. The third-order valence-corrected chi connectivity index (χ3v) is 6.88. The topological polar surface area (TPSA) is 91.8 Å². The van der Waals surface area contributed by atoms with Gasteiger partial charge >= 0.3 is 0 Å². The molecule has 0 aliphatic carbocycles. The number of pyridine rings is 1. The number of piperidine rings is 2. The summed E-state index contributed by atoms with van der Waals surface area (Å²) >= 11 is 0. The Labute approximate surface area is 206 Å². The molecule has 35 heavy (non-hydrogen) atoms. The smallest absolute Gasteiger partial charge is 0.230 e. The molecule has 1 N–H and O–H groups in total. The number of hydrogen-bond acceptors (Lipinski definition) is 5. The van der Waals surface area contributed by atoms with E-state index in [1.54, 1.807) is 6.20 Å². The maximum atomic E-state index is 13.2. The van der Waals surface area contributed by atoms with Gasteiger partial charge in [0.05, 0.1) is 18.9 Å². The van der Waals surface area contributed by atoms with Gasteiger partial charge in [0.1, 0.15) is 11.6 Å². The summed E-state index contributed by atoms with van der Waals surface area (Å²) < 4.78 is 5.63. The molecule has 2 saturated heterocycles. The highest BCUT2D eigenvalue weighted by Gasteiger charge is 2.34. The summed E-state index contributed by atoms with van der Waals surface area (Å²) in [5, 5.41) is 2.92. The van der Waals surface area contributed by atoms with Gasteiger partial charge in [0.25, 0.3) is 0 Å². The van der Waals surface area contributed by atoms with E-state index in [0.717, 1.165) is 24.2 Å². The molecule has 1 unspecified atom stereocenters. The Hall–Kier alpha value is -3.42. The Morgan fingerprint density at radius 2 is 1.74 bits per heavy atom. The number of benzene rings is 1. The van der Waals surface area contributed by atoms with E-state index in [1.807, 2.05) is 59.2 Å². The van der Waals surface area contributed by atoms with E-state index in [1.165, 1.54) is 0 Å². The average Bonchev–Trinajstić information content (AvgIpc) is 2.90. The fourth-order valence-corrected chi connectivity index (χ4v) is 4.79. The molecule has 0 bridgehead atoms. The van der Waals surface area contributed by atoms with Crippen LogP contribution < -0.4 is 10.1 Å². The Morgan fingerprint density at radius 1 is 0.971 bits per heavy atom. The first-order chi connectivity index (χ1) is 17.0. The van der Waals surface area contributed by atoms with Crippen molar-refractivity contribution in [3.05, 3.63) is 54.2 Å². The van der Waals surface area contributed by atoms with Crippen LogP contribution in [0.2, 0.25) is 0 Å². The first-order valence-corrected chi connectivity index (χ1v) is 12.5. The van der Waals surface area contributed by atoms with Crippen LogP contribution in [0.3, 0.4) is 0 Å². The third kappa shape index (κ3) is 6.59. The molecule has 0 radical (unpaired) electrons. The number of aromatic nitrogens is 1. The molecule has 2 aromatic rings. The largest absolute Gasteiger partial charge is 0.493 e. The minimum atomic E-state index is -0.236. The summed E-state index contributed by atoms with van der Waals surface area (Å²) in [5.74, 6) is 1.09. The fourth-order valence-electron chi connectivity index (χ4n) is 4.79. The van der Waals surface area contributed by atoms with Crippen LogP contribution >= 0.6 is 0 Å². The lowest BCUT2D eigenvalue weighted by Gasteiger charge is -2.37. The van der Waals surface area contributed by atoms with E-state index in [9.17, 15) is 14.4 Å². The molecule has 186 valence electrons. The van der Waals surface area contributed by atoms with Crippen molar-refractivity contribution >= 4 is 23.5 Å². The highest BCUT2D eigenvalue weighted by Crippen LogP contribution is 2.25. The van der Waals surface area contributed by atoms with Crippen molar-refractivity contribution in [1.82, 2.24) is 14.8 Å². The normalized spacial score (nSPS) is 18.7. The van der Waals surface area contributed by atoms with Gasteiger partial charge in [-0.1, -0.05) is 24.3 Å². The van der Waals surface area contributed by atoms with Crippen molar-refractivity contribution in [2.75, 3.05) is 38.1 Å². The molecule has 8 nitrogen and oxygen atoms in total.